The van der Waals surface area contributed by atoms with Crippen LogP contribution in [-0.2, 0) is 4.79 Å². The Hall–Kier alpha value is -3.38. The number of oxazole rings is 1. The van der Waals surface area contributed by atoms with E-state index in [2.05, 4.69) is 24.1 Å². The number of amides is 1. The second-order valence-corrected chi connectivity index (χ2v) is 7.95. The number of hydrogen-bond donors (Lipinski definition) is 1. The Morgan fingerprint density at radius 2 is 1.94 bits per heavy atom. The summed E-state index contributed by atoms with van der Waals surface area (Å²) in [6.45, 7) is 4.21. The van der Waals surface area contributed by atoms with E-state index >= 15 is 0 Å². The van der Waals surface area contributed by atoms with Crippen LogP contribution in [0.15, 0.2) is 65.1 Å². The first kappa shape index (κ1) is 21.8. The van der Waals surface area contributed by atoms with Gasteiger partial charge < -0.3 is 14.5 Å². The van der Waals surface area contributed by atoms with E-state index in [-0.39, 0.29) is 23.4 Å². The van der Waals surface area contributed by atoms with Gasteiger partial charge in [-0.15, -0.1) is 0 Å². The van der Waals surface area contributed by atoms with Crippen LogP contribution in [-0.4, -0.2) is 17.5 Å². The van der Waals surface area contributed by atoms with Gasteiger partial charge in [-0.2, -0.15) is 0 Å². The molecule has 0 bridgehead atoms. The predicted octanol–water partition coefficient (Wildman–Crippen LogP) is 6.82. The van der Waals surface area contributed by atoms with Crippen LogP contribution in [0, 0.1) is 5.82 Å². The molecule has 0 radical (unpaired) electrons. The Bertz CT molecular complexity index is 1250. The molecule has 0 spiro atoms. The molecule has 1 aromatic heterocycles. The second-order valence-electron chi connectivity index (χ2n) is 7.54. The van der Waals surface area contributed by atoms with Crippen molar-refractivity contribution in [3.8, 4) is 17.2 Å². The molecule has 1 amide bonds. The Morgan fingerprint density at radius 1 is 1.16 bits per heavy atom. The van der Waals surface area contributed by atoms with Crippen molar-refractivity contribution in [1.29, 1.82) is 0 Å². The third kappa shape index (κ3) is 4.92. The van der Waals surface area contributed by atoms with Crippen LogP contribution < -0.4 is 10.1 Å². The van der Waals surface area contributed by atoms with Gasteiger partial charge in [0.2, 0.25) is 5.89 Å². The molecular formula is C25H22ClFN2O3. The molecule has 0 fully saturated rings. The second kappa shape index (κ2) is 9.40. The number of rotatable bonds is 7. The summed E-state index contributed by atoms with van der Waals surface area (Å²) >= 11 is 6.10. The number of carbonyl (C=O) groups is 1. The van der Waals surface area contributed by atoms with E-state index in [0.29, 0.717) is 34.0 Å². The number of carbonyl (C=O) groups excluding carboxylic acids is 1. The van der Waals surface area contributed by atoms with E-state index < -0.39 is 5.82 Å². The molecule has 0 aliphatic rings. The highest BCUT2D eigenvalue weighted by Crippen LogP contribution is 2.31. The lowest BCUT2D eigenvalue weighted by Gasteiger charge is -2.11. The molecule has 4 rings (SSSR count). The Kier molecular flexibility index (Phi) is 6.42. The van der Waals surface area contributed by atoms with Crippen LogP contribution in [0.5, 0.6) is 5.75 Å². The van der Waals surface area contributed by atoms with Gasteiger partial charge in [0.05, 0.1) is 10.6 Å². The highest BCUT2D eigenvalue weighted by Gasteiger charge is 2.13. The summed E-state index contributed by atoms with van der Waals surface area (Å²) in [4.78, 5) is 16.7. The van der Waals surface area contributed by atoms with Crippen molar-refractivity contribution in [3.63, 3.8) is 0 Å². The number of nitrogens with zero attached hydrogens (tertiary/aromatic N) is 1. The zero-order chi connectivity index (χ0) is 22.7. The lowest BCUT2D eigenvalue weighted by atomic mass is 9.99. The highest BCUT2D eigenvalue weighted by molar-refractivity contribution is 6.33. The predicted molar refractivity (Wildman–Crippen MR) is 124 cm³/mol. The van der Waals surface area contributed by atoms with Gasteiger partial charge in [0.15, 0.2) is 12.2 Å². The fourth-order valence-electron chi connectivity index (χ4n) is 3.26. The summed E-state index contributed by atoms with van der Waals surface area (Å²) in [6.07, 6.45) is 1.07. The van der Waals surface area contributed by atoms with Crippen LogP contribution in [0.4, 0.5) is 10.1 Å². The van der Waals surface area contributed by atoms with Crippen LogP contribution in [0.1, 0.15) is 31.7 Å². The monoisotopic (exact) mass is 452 g/mol. The minimum absolute atomic E-state index is 0.115. The van der Waals surface area contributed by atoms with Gasteiger partial charge in [0.1, 0.15) is 17.1 Å². The molecule has 7 heteroatoms. The molecule has 1 atom stereocenters. The van der Waals surface area contributed by atoms with Crippen molar-refractivity contribution in [2.24, 2.45) is 0 Å². The van der Waals surface area contributed by atoms with Crippen LogP contribution in [0.3, 0.4) is 0 Å². The first-order chi connectivity index (χ1) is 15.4. The van der Waals surface area contributed by atoms with E-state index in [4.69, 9.17) is 20.8 Å². The summed E-state index contributed by atoms with van der Waals surface area (Å²) in [7, 11) is 0. The Labute approximate surface area is 190 Å². The zero-order valence-electron chi connectivity index (χ0n) is 17.7. The third-order valence-corrected chi connectivity index (χ3v) is 5.58. The average molecular weight is 453 g/mol. The molecule has 164 valence electrons. The van der Waals surface area contributed by atoms with Crippen molar-refractivity contribution >= 4 is 34.3 Å². The molecule has 0 aliphatic heterocycles. The van der Waals surface area contributed by atoms with Gasteiger partial charge in [-0.3, -0.25) is 4.79 Å². The third-order valence-electron chi connectivity index (χ3n) is 5.26. The van der Waals surface area contributed by atoms with Gasteiger partial charge in [-0.1, -0.05) is 37.6 Å². The number of benzene rings is 3. The number of fused-ring (bicyclic) bond motifs is 1. The minimum atomic E-state index is -0.437. The van der Waals surface area contributed by atoms with E-state index in [0.717, 1.165) is 6.42 Å². The Morgan fingerprint density at radius 3 is 2.66 bits per heavy atom. The first-order valence-corrected chi connectivity index (χ1v) is 10.7. The van der Waals surface area contributed by atoms with E-state index in [1.165, 1.54) is 23.8 Å². The highest BCUT2D eigenvalue weighted by atomic mass is 35.5. The van der Waals surface area contributed by atoms with E-state index in [1.54, 1.807) is 18.2 Å². The molecule has 4 aromatic rings. The van der Waals surface area contributed by atoms with Gasteiger partial charge in [0.25, 0.3) is 5.91 Å². The number of aromatic nitrogens is 1. The van der Waals surface area contributed by atoms with Gasteiger partial charge in [0, 0.05) is 5.69 Å². The molecule has 3 aromatic carbocycles. The van der Waals surface area contributed by atoms with Gasteiger partial charge in [-0.05, 0) is 66.4 Å². The molecule has 32 heavy (non-hydrogen) atoms. The quantitative estimate of drug-likeness (QED) is 0.334. The number of hydrogen-bond acceptors (Lipinski definition) is 4. The topological polar surface area (TPSA) is 64.4 Å². The van der Waals surface area contributed by atoms with Crippen LogP contribution in [0.2, 0.25) is 5.02 Å². The van der Waals surface area contributed by atoms with Crippen molar-refractivity contribution in [2.45, 2.75) is 26.2 Å². The first-order valence-electron chi connectivity index (χ1n) is 10.3. The lowest BCUT2D eigenvalue weighted by molar-refractivity contribution is -0.118. The molecule has 0 aliphatic carbocycles. The van der Waals surface area contributed by atoms with Crippen molar-refractivity contribution in [3.05, 3.63) is 77.1 Å². The maximum atomic E-state index is 13.3. The average Bonchev–Trinajstić information content (AvgIpc) is 3.20. The SMILES string of the molecule is CC[C@@H](C)c1ccc(OCC(=O)Nc2ccc3oc(-c4ccc(F)cc4Cl)nc3c2)cc1. The number of nitrogens with one attached hydrogen (secondary N) is 1. The van der Waals surface area contributed by atoms with Crippen molar-refractivity contribution in [1.82, 2.24) is 4.98 Å². The molecule has 0 saturated heterocycles. The standard InChI is InChI=1S/C25H22ClFN2O3/c1-3-15(2)16-4-8-19(9-5-16)31-14-24(30)28-18-7-11-23-22(13-18)29-25(32-23)20-10-6-17(27)12-21(20)26/h4-13,15H,3,14H2,1-2H3,(H,28,30)/t15-/m1/s1. The normalized spacial score (nSPS) is 12.0. The molecule has 0 saturated carbocycles. The minimum Gasteiger partial charge on any atom is -0.484 e. The number of anilines is 1. The van der Waals surface area contributed by atoms with Gasteiger partial charge >= 0.3 is 0 Å². The molecule has 5 nitrogen and oxygen atoms in total. The smallest absolute Gasteiger partial charge is 0.262 e. The zero-order valence-corrected chi connectivity index (χ0v) is 18.4. The fourth-order valence-corrected chi connectivity index (χ4v) is 3.51. The summed E-state index contributed by atoms with van der Waals surface area (Å²) in [5.74, 6) is 0.671. The van der Waals surface area contributed by atoms with Crippen LogP contribution >= 0.6 is 11.6 Å². The largest absolute Gasteiger partial charge is 0.484 e. The van der Waals surface area contributed by atoms with Gasteiger partial charge in [-0.25, -0.2) is 9.37 Å². The van der Waals surface area contributed by atoms with Crippen molar-refractivity contribution < 1.29 is 18.3 Å². The molecular weight excluding hydrogens is 431 g/mol. The maximum absolute atomic E-state index is 13.3. The lowest BCUT2D eigenvalue weighted by Crippen LogP contribution is -2.20. The summed E-state index contributed by atoms with van der Waals surface area (Å²) in [5.41, 5.74) is 3.35. The Balaban J connectivity index is 1.41. The molecule has 0 unspecified atom stereocenters. The summed E-state index contributed by atoms with van der Waals surface area (Å²) < 4.78 is 24.6. The van der Waals surface area contributed by atoms with E-state index in [1.807, 2.05) is 24.3 Å². The fraction of sp³-hybridized carbons (Fsp3) is 0.200. The maximum Gasteiger partial charge on any atom is 0.262 e. The summed E-state index contributed by atoms with van der Waals surface area (Å²) in [5, 5.41) is 3.00. The van der Waals surface area contributed by atoms with Crippen molar-refractivity contribution in [2.75, 3.05) is 11.9 Å². The van der Waals surface area contributed by atoms with E-state index in [9.17, 15) is 9.18 Å². The molecule has 1 N–H and O–H groups in total. The summed E-state index contributed by atoms with van der Waals surface area (Å²) in [6, 6.07) is 16.9. The molecule has 1 heterocycles. The number of ether oxygens (including phenoxy) is 1. The van der Waals surface area contributed by atoms with Crippen LogP contribution in [0.25, 0.3) is 22.6 Å². The number of halogens is 2.